The van der Waals surface area contributed by atoms with Gasteiger partial charge in [-0.15, -0.1) is 10.2 Å². The highest BCUT2D eigenvalue weighted by Gasteiger charge is 2.32. The lowest BCUT2D eigenvalue weighted by Crippen LogP contribution is -2.18. The molecule has 0 spiro atoms. The molecular formula is C18H13F3N4O4S. The van der Waals surface area contributed by atoms with Gasteiger partial charge in [0, 0.05) is 18.0 Å². The molecule has 0 bridgehead atoms. The smallest absolute Gasteiger partial charge is 0.416 e. The first-order chi connectivity index (χ1) is 14.1. The summed E-state index contributed by atoms with van der Waals surface area (Å²) in [6.07, 6.45) is -2.18. The predicted octanol–water partition coefficient (Wildman–Crippen LogP) is 2.96. The van der Waals surface area contributed by atoms with Crippen molar-refractivity contribution < 1.29 is 31.1 Å². The molecule has 8 nitrogen and oxygen atoms in total. The lowest BCUT2D eigenvalue weighted by molar-refractivity contribution is -0.137. The number of ether oxygens (including phenoxy) is 1. The number of aromatic nitrogens is 4. The van der Waals surface area contributed by atoms with Crippen molar-refractivity contribution in [3.8, 4) is 11.4 Å². The van der Waals surface area contributed by atoms with E-state index in [4.69, 9.17) is 4.74 Å². The zero-order valence-corrected chi connectivity index (χ0v) is 16.1. The lowest BCUT2D eigenvalue weighted by Gasteiger charge is -2.11. The van der Waals surface area contributed by atoms with Crippen LogP contribution < -0.4 is 0 Å². The zero-order valence-electron chi connectivity index (χ0n) is 15.3. The Hall–Kier alpha value is -3.41. The van der Waals surface area contributed by atoms with Crippen molar-refractivity contribution in [3.05, 3.63) is 60.0 Å². The normalized spacial score (nSPS) is 11.9. The number of alkyl halides is 3. The highest BCUT2D eigenvalue weighted by Crippen LogP contribution is 2.32. The van der Waals surface area contributed by atoms with Gasteiger partial charge in [0.05, 0.1) is 17.1 Å². The van der Waals surface area contributed by atoms with Crippen LogP contribution in [0, 0.1) is 0 Å². The van der Waals surface area contributed by atoms with Crippen LogP contribution in [0.2, 0.25) is 0 Å². The number of halogens is 3. The number of benzene rings is 1. The van der Waals surface area contributed by atoms with Gasteiger partial charge in [0.25, 0.3) is 0 Å². The summed E-state index contributed by atoms with van der Waals surface area (Å²) in [4.78, 5) is 19.5. The largest absolute Gasteiger partial charge is 0.461 e. The zero-order chi connectivity index (χ0) is 21.9. The van der Waals surface area contributed by atoms with Crippen molar-refractivity contribution in [2.75, 3.05) is 6.61 Å². The van der Waals surface area contributed by atoms with Crippen molar-refractivity contribution in [1.82, 2.24) is 20.2 Å². The number of nitrogens with zero attached hydrogens (tertiary/aromatic N) is 4. The molecule has 30 heavy (non-hydrogen) atoms. The van der Waals surface area contributed by atoms with E-state index in [1.165, 1.54) is 37.5 Å². The highest BCUT2D eigenvalue weighted by atomic mass is 32.2. The Labute approximate surface area is 168 Å². The summed E-state index contributed by atoms with van der Waals surface area (Å²) in [6.45, 7) is 1.44. The lowest BCUT2D eigenvalue weighted by atomic mass is 10.1. The Balaban J connectivity index is 2.21. The molecule has 156 valence electrons. The molecule has 0 aliphatic heterocycles. The number of hydrogen-bond donors (Lipinski definition) is 0. The van der Waals surface area contributed by atoms with Crippen molar-refractivity contribution in [2.45, 2.75) is 23.0 Å². The van der Waals surface area contributed by atoms with Gasteiger partial charge >= 0.3 is 12.1 Å². The number of carbonyl (C=O) groups excluding carboxylic acids is 1. The van der Waals surface area contributed by atoms with Crippen molar-refractivity contribution in [3.63, 3.8) is 0 Å². The molecule has 0 saturated carbocycles. The van der Waals surface area contributed by atoms with E-state index >= 15 is 0 Å². The van der Waals surface area contributed by atoms with Crippen LogP contribution in [0.25, 0.3) is 11.4 Å². The highest BCUT2D eigenvalue weighted by molar-refractivity contribution is 7.91. The van der Waals surface area contributed by atoms with E-state index in [1.807, 2.05) is 0 Å². The summed E-state index contributed by atoms with van der Waals surface area (Å²) < 4.78 is 69.9. The molecule has 0 saturated heterocycles. The number of esters is 1. The Morgan fingerprint density at radius 2 is 1.80 bits per heavy atom. The van der Waals surface area contributed by atoms with E-state index in [1.54, 1.807) is 0 Å². The minimum Gasteiger partial charge on any atom is -0.461 e. The monoisotopic (exact) mass is 438 g/mol. The van der Waals surface area contributed by atoms with Gasteiger partial charge in [-0.25, -0.2) is 18.2 Å². The number of sulfone groups is 1. The Morgan fingerprint density at radius 3 is 2.43 bits per heavy atom. The molecule has 0 radical (unpaired) electrons. The van der Waals surface area contributed by atoms with E-state index in [2.05, 4.69) is 20.2 Å². The van der Waals surface area contributed by atoms with Gasteiger partial charge in [0.2, 0.25) is 15.5 Å². The molecule has 2 heterocycles. The molecule has 0 fully saturated rings. The molecule has 12 heteroatoms. The minimum atomic E-state index is -4.62. The second-order valence-corrected chi connectivity index (χ2v) is 7.64. The maximum Gasteiger partial charge on any atom is 0.416 e. The first-order valence-corrected chi connectivity index (χ1v) is 9.87. The van der Waals surface area contributed by atoms with Gasteiger partial charge in [-0.1, -0.05) is 12.1 Å². The average molecular weight is 438 g/mol. The average Bonchev–Trinajstić information content (AvgIpc) is 2.73. The standard InChI is InChI=1S/C18H13F3N4O4S/c1-2-29-17(26)14-16(30(27,28)13-6-8-22-9-7-13)23-15(25-24-14)11-4-3-5-12(10-11)18(19,20)21/h3-10H,2H2,1H3. The van der Waals surface area contributed by atoms with Crippen LogP contribution in [0.1, 0.15) is 23.0 Å². The van der Waals surface area contributed by atoms with Gasteiger partial charge in [-0.2, -0.15) is 13.2 Å². The van der Waals surface area contributed by atoms with E-state index < -0.39 is 44.1 Å². The maximum absolute atomic E-state index is 13.0. The predicted molar refractivity (Wildman–Crippen MR) is 95.9 cm³/mol. The fraction of sp³-hybridized carbons (Fsp3) is 0.167. The first-order valence-electron chi connectivity index (χ1n) is 8.39. The molecule has 0 unspecified atom stereocenters. The van der Waals surface area contributed by atoms with Crippen molar-refractivity contribution >= 4 is 15.8 Å². The molecule has 2 aromatic heterocycles. The fourth-order valence-corrected chi connectivity index (χ4v) is 3.70. The topological polar surface area (TPSA) is 112 Å². The van der Waals surface area contributed by atoms with E-state index in [0.29, 0.717) is 0 Å². The van der Waals surface area contributed by atoms with E-state index in [9.17, 15) is 26.4 Å². The van der Waals surface area contributed by atoms with Gasteiger partial charge in [0.1, 0.15) is 0 Å². The van der Waals surface area contributed by atoms with Crippen LogP contribution in [0.3, 0.4) is 0 Å². The molecule has 0 N–H and O–H groups in total. The van der Waals surface area contributed by atoms with Crippen LogP contribution in [-0.4, -0.2) is 41.2 Å². The van der Waals surface area contributed by atoms with Gasteiger partial charge in [-0.05, 0) is 31.2 Å². The quantitative estimate of drug-likeness (QED) is 0.559. The second kappa shape index (κ2) is 8.14. The molecule has 3 aromatic rings. The third kappa shape index (κ3) is 4.27. The summed E-state index contributed by atoms with van der Waals surface area (Å²) in [6, 6.07) is 6.34. The Bertz CT molecular complexity index is 1190. The number of hydrogen-bond acceptors (Lipinski definition) is 8. The summed E-state index contributed by atoms with van der Waals surface area (Å²) >= 11 is 0. The molecule has 0 aliphatic rings. The van der Waals surface area contributed by atoms with E-state index in [0.717, 1.165) is 18.2 Å². The van der Waals surface area contributed by atoms with Crippen LogP contribution in [-0.2, 0) is 20.8 Å². The van der Waals surface area contributed by atoms with Gasteiger partial charge in [0.15, 0.2) is 10.9 Å². The maximum atomic E-state index is 13.0. The Kier molecular flexibility index (Phi) is 5.78. The van der Waals surface area contributed by atoms with Crippen LogP contribution in [0.5, 0.6) is 0 Å². The summed E-state index contributed by atoms with van der Waals surface area (Å²) in [5.74, 6) is -1.48. The third-order valence-electron chi connectivity index (χ3n) is 3.79. The SMILES string of the molecule is CCOC(=O)c1nnc(-c2cccc(C(F)(F)F)c2)nc1S(=O)(=O)c1ccncc1. The summed E-state index contributed by atoms with van der Waals surface area (Å²) in [5, 5.41) is 6.45. The molecular weight excluding hydrogens is 425 g/mol. The third-order valence-corrected chi connectivity index (χ3v) is 5.47. The number of rotatable bonds is 5. The first kappa shape index (κ1) is 21.3. The molecule has 1 aromatic carbocycles. The van der Waals surface area contributed by atoms with Gasteiger partial charge in [-0.3, -0.25) is 4.98 Å². The van der Waals surface area contributed by atoms with E-state index in [-0.39, 0.29) is 17.1 Å². The van der Waals surface area contributed by atoms with Crippen molar-refractivity contribution in [2.24, 2.45) is 0 Å². The Morgan fingerprint density at radius 1 is 1.10 bits per heavy atom. The van der Waals surface area contributed by atoms with Crippen LogP contribution in [0.4, 0.5) is 13.2 Å². The number of pyridine rings is 1. The second-order valence-electron chi connectivity index (χ2n) is 5.77. The van der Waals surface area contributed by atoms with Crippen molar-refractivity contribution in [1.29, 1.82) is 0 Å². The minimum absolute atomic E-state index is 0.0648. The number of carbonyl (C=O) groups is 1. The fourth-order valence-electron chi connectivity index (χ4n) is 2.41. The molecule has 0 amide bonds. The van der Waals surface area contributed by atoms with Gasteiger partial charge < -0.3 is 4.74 Å². The molecule has 0 aliphatic carbocycles. The summed E-state index contributed by atoms with van der Waals surface area (Å²) in [7, 11) is -4.38. The summed E-state index contributed by atoms with van der Waals surface area (Å²) in [5.41, 5.74) is -1.78. The van der Waals surface area contributed by atoms with Crippen LogP contribution in [0.15, 0.2) is 58.7 Å². The molecule has 3 rings (SSSR count). The van der Waals surface area contributed by atoms with Crippen LogP contribution >= 0.6 is 0 Å². The molecule has 0 atom stereocenters.